The highest BCUT2D eigenvalue weighted by Crippen LogP contribution is 2.47. The smallest absolute Gasteiger partial charge is 0.223 e. The van der Waals surface area contributed by atoms with Crippen molar-refractivity contribution in [3.8, 4) is 0 Å². The average molecular weight is 312 g/mol. The molecule has 2 aromatic rings. The Balaban J connectivity index is 1.49. The summed E-state index contributed by atoms with van der Waals surface area (Å²) in [4.78, 5) is 12.7. The normalized spacial score (nSPS) is 22.5. The maximum Gasteiger partial charge on any atom is 0.223 e. The highest BCUT2D eigenvalue weighted by Gasteiger charge is 2.45. The third-order valence-corrected chi connectivity index (χ3v) is 4.76. The van der Waals surface area contributed by atoms with E-state index in [-0.39, 0.29) is 24.3 Å². The standard InChI is InChI=1S/C14H14ClNO3S/c15-13-4-3-12(20-13)10(17)7-16-14(18)9-6-8(9)11-2-1-5-19-11/h1-5,8-10,17H,6-7H2,(H,16,18). The minimum Gasteiger partial charge on any atom is -0.469 e. The summed E-state index contributed by atoms with van der Waals surface area (Å²) in [6.45, 7) is 0.205. The van der Waals surface area contributed by atoms with Crippen LogP contribution in [0.2, 0.25) is 4.34 Å². The molecular formula is C14H14ClNO3S. The van der Waals surface area contributed by atoms with Crippen molar-refractivity contribution in [2.45, 2.75) is 18.4 Å². The lowest BCUT2D eigenvalue weighted by atomic mass is 10.2. The van der Waals surface area contributed by atoms with E-state index in [1.54, 1.807) is 18.4 Å². The van der Waals surface area contributed by atoms with Crippen LogP contribution in [0.5, 0.6) is 0 Å². The van der Waals surface area contributed by atoms with Crippen molar-refractivity contribution in [2.24, 2.45) is 5.92 Å². The van der Waals surface area contributed by atoms with E-state index in [2.05, 4.69) is 5.32 Å². The molecule has 0 radical (unpaired) electrons. The van der Waals surface area contributed by atoms with Crippen molar-refractivity contribution in [1.29, 1.82) is 0 Å². The Morgan fingerprint density at radius 2 is 2.40 bits per heavy atom. The molecule has 0 aliphatic heterocycles. The molecule has 0 saturated heterocycles. The quantitative estimate of drug-likeness (QED) is 0.892. The monoisotopic (exact) mass is 311 g/mol. The number of carbonyl (C=O) groups excluding carboxylic acids is 1. The molecular weight excluding hydrogens is 298 g/mol. The molecule has 20 heavy (non-hydrogen) atoms. The number of aliphatic hydroxyl groups is 1. The van der Waals surface area contributed by atoms with E-state index in [4.69, 9.17) is 16.0 Å². The van der Waals surface area contributed by atoms with Gasteiger partial charge < -0.3 is 14.8 Å². The number of hydrogen-bond donors (Lipinski definition) is 2. The first-order valence-corrected chi connectivity index (χ1v) is 7.59. The molecule has 1 aliphatic rings. The van der Waals surface area contributed by atoms with Gasteiger partial charge in [-0.2, -0.15) is 0 Å². The van der Waals surface area contributed by atoms with Gasteiger partial charge in [0.05, 0.1) is 10.6 Å². The Labute approximate surface area is 125 Å². The predicted octanol–water partition coefficient (Wildman–Crippen LogP) is 2.95. The van der Waals surface area contributed by atoms with Crippen LogP contribution in [-0.2, 0) is 4.79 Å². The summed E-state index contributed by atoms with van der Waals surface area (Å²) in [5, 5.41) is 12.7. The summed E-state index contributed by atoms with van der Waals surface area (Å²) in [5.74, 6) is 0.961. The molecule has 6 heteroatoms. The van der Waals surface area contributed by atoms with Gasteiger partial charge in [-0.05, 0) is 30.7 Å². The van der Waals surface area contributed by atoms with E-state index >= 15 is 0 Å². The number of amides is 1. The Hall–Kier alpha value is -1.30. The molecule has 1 saturated carbocycles. The molecule has 106 valence electrons. The molecule has 2 aromatic heterocycles. The second-order valence-corrected chi connectivity index (χ2v) is 6.61. The van der Waals surface area contributed by atoms with E-state index in [9.17, 15) is 9.90 Å². The van der Waals surface area contributed by atoms with Gasteiger partial charge in [0.1, 0.15) is 11.9 Å². The highest BCUT2D eigenvalue weighted by molar-refractivity contribution is 7.16. The van der Waals surface area contributed by atoms with Crippen LogP contribution in [0.3, 0.4) is 0 Å². The van der Waals surface area contributed by atoms with Crippen LogP contribution < -0.4 is 5.32 Å². The van der Waals surface area contributed by atoms with E-state index in [1.807, 2.05) is 12.1 Å². The molecule has 2 heterocycles. The van der Waals surface area contributed by atoms with E-state index in [1.165, 1.54) is 11.3 Å². The fourth-order valence-corrected chi connectivity index (χ4v) is 3.28. The van der Waals surface area contributed by atoms with Gasteiger partial charge in [-0.15, -0.1) is 11.3 Å². The summed E-state index contributed by atoms with van der Waals surface area (Å²) >= 11 is 7.13. The number of carbonyl (C=O) groups is 1. The van der Waals surface area contributed by atoms with Gasteiger partial charge in [0.25, 0.3) is 0 Å². The number of hydrogen-bond acceptors (Lipinski definition) is 4. The molecule has 1 amide bonds. The Bertz CT molecular complexity index is 595. The van der Waals surface area contributed by atoms with Crippen molar-refractivity contribution < 1.29 is 14.3 Å². The van der Waals surface area contributed by atoms with E-state index in [0.717, 1.165) is 17.1 Å². The van der Waals surface area contributed by atoms with Crippen LogP contribution in [0.4, 0.5) is 0 Å². The first-order valence-electron chi connectivity index (χ1n) is 6.39. The van der Waals surface area contributed by atoms with Crippen LogP contribution >= 0.6 is 22.9 Å². The molecule has 3 atom stereocenters. The topological polar surface area (TPSA) is 62.5 Å². The molecule has 0 spiro atoms. The molecule has 1 fully saturated rings. The summed E-state index contributed by atoms with van der Waals surface area (Å²) < 4.78 is 5.92. The van der Waals surface area contributed by atoms with Gasteiger partial charge in [-0.25, -0.2) is 0 Å². The Morgan fingerprint density at radius 3 is 3.05 bits per heavy atom. The third-order valence-electron chi connectivity index (χ3n) is 3.43. The number of nitrogens with one attached hydrogen (secondary N) is 1. The SMILES string of the molecule is O=C(NCC(O)c1ccc(Cl)s1)C1CC1c1ccco1. The maximum absolute atomic E-state index is 12.0. The lowest BCUT2D eigenvalue weighted by molar-refractivity contribution is -0.122. The number of furan rings is 1. The van der Waals surface area contributed by atoms with E-state index in [0.29, 0.717) is 4.34 Å². The van der Waals surface area contributed by atoms with Crippen LogP contribution in [0.1, 0.15) is 29.1 Å². The average Bonchev–Trinajstić information content (AvgIpc) is 2.87. The second-order valence-electron chi connectivity index (χ2n) is 4.87. The fraction of sp³-hybridized carbons (Fsp3) is 0.357. The van der Waals surface area contributed by atoms with Crippen molar-refractivity contribution in [1.82, 2.24) is 5.32 Å². The third kappa shape index (κ3) is 2.90. The fourth-order valence-electron chi connectivity index (χ4n) is 2.24. The first-order chi connectivity index (χ1) is 9.65. The van der Waals surface area contributed by atoms with Crippen LogP contribution in [0.25, 0.3) is 0 Å². The summed E-state index contributed by atoms with van der Waals surface area (Å²) in [7, 11) is 0. The minimum absolute atomic E-state index is 0.0342. The molecule has 3 rings (SSSR count). The van der Waals surface area contributed by atoms with Gasteiger partial charge in [-0.1, -0.05) is 11.6 Å². The van der Waals surface area contributed by atoms with Crippen LogP contribution in [0.15, 0.2) is 34.9 Å². The van der Waals surface area contributed by atoms with Gasteiger partial charge in [0.15, 0.2) is 0 Å². The van der Waals surface area contributed by atoms with Gasteiger partial charge >= 0.3 is 0 Å². The Kier molecular flexibility index (Phi) is 3.83. The molecule has 0 aromatic carbocycles. The van der Waals surface area contributed by atoms with Crippen molar-refractivity contribution in [3.63, 3.8) is 0 Å². The van der Waals surface area contributed by atoms with Gasteiger partial charge in [-0.3, -0.25) is 4.79 Å². The number of thiophene rings is 1. The molecule has 3 unspecified atom stereocenters. The summed E-state index contributed by atoms with van der Waals surface area (Å²) in [6.07, 6.45) is 1.71. The number of halogens is 1. The number of aliphatic hydroxyl groups excluding tert-OH is 1. The maximum atomic E-state index is 12.0. The molecule has 0 bridgehead atoms. The first kappa shape index (κ1) is 13.7. The lowest BCUT2D eigenvalue weighted by Gasteiger charge is -2.09. The lowest BCUT2D eigenvalue weighted by Crippen LogP contribution is -2.29. The second kappa shape index (κ2) is 5.60. The largest absolute Gasteiger partial charge is 0.469 e. The van der Waals surface area contributed by atoms with Crippen molar-refractivity contribution in [2.75, 3.05) is 6.54 Å². The zero-order valence-electron chi connectivity index (χ0n) is 10.6. The molecule has 1 aliphatic carbocycles. The highest BCUT2D eigenvalue weighted by atomic mass is 35.5. The van der Waals surface area contributed by atoms with E-state index < -0.39 is 6.10 Å². The van der Waals surface area contributed by atoms with Gasteiger partial charge in [0, 0.05) is 23.3 Å². The minimum atomic E-state index is -0.711. The number of rotatable bonds is 5. The van der Waals surface area contributed by atoms with Crippen molar-refractivity contribution in [3.05, 3.63) is 45.5 Å². The zero-order valence-corrected chi connectivity index (χ0v) is 12.2. The molecule has 2 N–H and O–H groups in total. The summed E-state index contributed by atoms with van der Waals surface area (Å²) in [6, 6.07) is 7.22. The summed E-state index contributed by atoms with van der Waals surface area (Å²) in [5.41, 5.74) is 0. The van der Waals surface area contributed by atoms with Crippen LogP contribution in [-0.4, -0.2) is 17.6 Å². The van der Waals surface area contributed by atoms with Crippen LogP contribution in [0, 0.1) is 5.92 Å². The van der Waals surface area contributed by atoms with Crippen molar-refractivity contribution >= 4 is 28.8 Å². The predicted molar refractivity (Wildman–Crippen MR) is 76.9 cm³/mol. The molecule has 4 nitrogen and oxygen atoms in total. The Morgan fingerprint density at radius 1 is 1.55 bits per heavy atom. The zero-order chi connectivity index (χ0) is 14.1. The van der Waals surface area contributed by atoms with Gasteiger partial charge in [0.2, 0.25) is 5.91 Å².